The molecule has 6 rings (SSSR count). The van der Waals surface area contributed by atoms with Crippen molar-refractivity contribution in [3.8, 4) is 22.4 Å². The molecule has 2 heteroatoms. The van der Waals surface area contributed by atoms with Gasteiger partial charge < -0.3 is 4.42 Å². The van der Waals surface area contributed by atoms with Gasteiger partial charge >= 0.3 is 0 Å². The molecule has 0 saturated carbocycles. The number of aromatic nitrogens is 1. The molecule has 0 aliphatic carbocycles. The van der Waals surface area contributed by atoms with Gasteiger partial charge in [-0.3, -0.25) is 4.98 Å². The Labute approximate surface area is 180 Å². The lowest BCUT2D eigenvalue weighted by Gasteiger charge is -2.11. The van der Waals surface area contributed by atoms with Crippen molar-refractivity contribution in [2.24, 2.45) is 0 Å². The summed E-state index contributed by atoms with van der Waals surface area (Å²) in [6.45, 7) is 4.25. The minimum Gasteiger partial charge on any atom is -0.455 e. The second-order valence-electron chi connectivity index (χ2n) is 8.23. The Kier molecular flexibility index (Phi) is 3.94. The zero-order chi connectivity index (χ0) is 20.9. The van der Waals surface area contributed by atoms with E-state index in [-0.39, 0.29) is 0 Å². The van der Waals surface area contributed by atoms with Crippen LogP contribution in [-0.4, -0.2) is 4.98 Å². The Hall–Kier alpha value is -3.91. The van der Waals surface area contributed by atoms with Crippen molar-refractivity contribution in [2.45, 2.75) is 13.8 Å². The standard InChI is InChI=1S/C29H21NO/c1-18-10-11-20-12-13-21(15-22(20)14-18)26-16-27(30-17-19(26)2)25-8-5-7-24-23-6-3-4-9-28(23)31-29(24)25/h3-17H,1-2H3. The predicted molar refractivity (Wildman–Crippen MR) is 129 cm³/mol. The van der Waals surface area contributed by atoms with Crippen molar-refractivity contribution in [3.63, 3.8) is 0 Å². The predicted octanol–water partition coefficient (Wildman–Crippen LogP) is 8.09. The number of benzene rings is 4. The van der Waals surface area contributed by atoms with E-state index in [4.69, 9.17) is 9.40 Å². The normalized spacial score (nSPS) is 11.5. The highest BCUT2D eigenvalue weighted by atomic mass is 16.3. The Bertz CT molecular complexity index is 1610. The number of fused-ring (bicyclic) bond motifs is 4. The van der Waals surface area contributed by atoms with E-state index in [0.29, 0.717) is 0 Å². The maximum absolute atomic E-state index is 6.24. The maximum atomic E-state index is 6.24. The van der Waals surface area contributed by atoms with Crippen LogP contribution >= 0.6 is 0 Å². The molecule has 0 radical (unpaired) electrons. The van der Waals surface area contributed by atoms with E-state index < -0.39 is 0 Å². The van der Waals surface area contributed by atoms with Crippen LogP contribution in [0.1, 0.15) is 11.1 Å². The molecule has 4 aromatic carbocycles. The summed E-state index contributed by atoms with van der Waals surface area (Å²) in [6, 6.07) is 29.9. The number of rotatable bonds is 2. The van der Waals surface area contributed by atoms with Gasteiger partial charge in [0, 0.05) is 22.5 Å². The Morgan fingerprint density at radius 3 is 2.45 bits per heavy atom. The fourth-order valence-electron chi connectivity index (χ4n) is 4.46. The van der Waals surface area contributed by atoms with E-state index in [1.807, 2.05) is 24.4 Å². The van der Waals surface area contributed by atoms with E-state index in [2.05, 4.69) is 80.6 Å². The Morgan fingerprint density at radius 2 is 1.52 bits per heavy atom. The number of hydrogen-bond acceptors (Lipinski definition) is 2. The van der Waals surface area contributed by atoms with Crippen LogP contribution < -0.4 is 0 Å². The molecule has 0 fully saturated rings. The molecule has 0 spiro atoms. The van der Waals surface area contributed by atoms with E-state index in [1.165, 1.54) is 27.5 Å². The number of hydrogen-bond donors (Lipinski definition) is 0. The van der Waals surface area contributed by atoms with Crippen LogP contribution in [-0.2, 0) is 0 Å². The van der Waals surface area contributed by atoms with E-state index >= 15 is 0 Å². The van der Waals surface area contributed by atoms with Gasteiger partial charge in [-0.05, 0) is 65.6 Å². The van der Waals surface area contributed by atoms with Gasteiger partial charge in [-0.2, -0.15) is 0 Å². The molecule has 0 aliphatic rings. The van der Waals surface area contributed by atoms with Crippen molar-refractivity contribution in [3.05, 3.63) is 102 Å². The van der Waals surface area contributed by atoms with Gasteiger partial charge in [0.2, 0.25) is 0 Å². The van der Waals surface area contributed by atoms with Crippen LogP contribution in [0.2, 0.25) is 0 Å². The molecule has 2 nitrogen and oxygen atoms in total. The van der Waals surface area contributed by atoms with Crippen LogP contribution in [0.15, 0.2) is 95.5 Å². The van der Waals surface area contributed by atoms with Crippen LogP contribution in [0.4, 0.5) is 0 Å². The summed E-state index contributed by atoms with van der Waals surface area (Å²) in [5, 5.41) is 4.78. The smallest absolute Gasteiger partial charge is 0.144 e. The summed E-state index contributed by atoms with van der Waals surface area (Å²) in [4.78, 5) is 4.77. The number of pyridine rings is 1. The average molecular weight is 399 g/mol. The van der Waals surface area contributed by atoms with Gasteiger partial charge in [0.15, 0.2) is 0 Å². The topological polar surface area (TPSA) is 26.0 Å². The van der Waals surface area contributed by atoms with E-state index in [9.17, 15) is 0 Å². The largest absolute Gasteiger partial charge is 0.455 e. The minimum absolute atomic E-state index is 0.889. The third kappa shape index (κ3) is 2.91. The molecule has 0 saturated heterocycles. The van der Waals surface area contributed by atoms with Gasteiger partial charge in [0.1, 0.15) is 11.2 Å². The zero-order valence-electron chi connectivity index (χ0n) is 17.5. The van der Waals surface area contributed by atoms with E-state index in [1.54, 1.807) is 0 Å². The molecule has 0 atom stereocenters. The summed E-state index contributed by atoms with van der Waals surface area (Å²) in [5.74, 6) is 0. The fourth-order valence-corrected chi connectivity index (χ4v) is 4.46. The highest BCUT2D eigenvalue weighted by Crippen LogP contribution is 2.37. The molecule has 0 unspecified atom stereocenters. The van der Waals surface area contributed by atoms with Crippen LogP contribution in [0, 0.1) is 13.8 Å². The number of furan rings is 1. The molecule has 0 N–H and O–H groups in total. The van der Waals surface area contributed by atoms with Crippen molar-refractivity contribution < 1.29 is 4.42 Å². The summed E-state index contributed by atoms with van der Waals surface area (Å²) in [7, 11) is 0. The number of para-hydroxylation sites is 2. The first kappa shape index (κ1) is 17.9. The molecule has 0 bridgehead atoms. The number of nitrogens with zero attached hydrogens (tertiary/aromatic N) is 1. The molecular weight excluding hydrogens is 378 g/mol. The molecule has 2 aromatic heterocycles. The molecule has 0 amide bonds. The monoisotopic (exact) mass is 399 g/mol. The van der Waals surface area contributed by atoms with Crippen LogP contribution in [0.5, 0.6) is 0 Å². The van der Waals surface area contributed by atoms with Crippen molar-refractivity contribution in [2.75, 3.05) is 0 Å². The highest BCUT2D eigenvalue weighted by Gasteiger charge is 2.14. The Balaban J connectivity index is 1.55. The minimum atomic E-state index is 0.889. The molecular formula is C29H21NO. The second kappa shape index (κ2) is 6.82. The fraction of sp³-hybridized carbons (Fsp3) is 0.0690. The third-order valence-corrected chi connectivity index (χ3v) is 6.09. The van der Waals surface area contributed by atoms with Gasteiger partial charge in [0.25, 0.3) is 0 Å². The zero-order valence-corrected chi connectivity index (χ0v) is 17.5. The number of aryl methyl sites for hydroxylation is 2. The highest BCUT2D eigenvalue weighted by molar-refractivity contribution is 6.09. The lowest BCUT2D eigenvalue weighted by Crippen LogP contribution is -1.90. The molecule has 31 heavy (non-hydrogen) atoms. The van der Waals surface area contributed by atoms with Gasteiger partial charge in [-0.1, -0.05) is 66.2 Å². The first-order chi connectivity index (χ1) is 15.2. The first-order valence-corrected chi connectivity index (χ1v) is 10.6. The maximum Gasteiger partial charge on any atom is 0.144 e. The van der Waals surface area contributed by atoms with Crippen molar-refractivity contribution >= 4 is 32.7 Å². The van der Waals surface area contributed by atoms with Crippen LogP contribution in [0.3, 0.4) is 0 Å². The van der Waals surface area contributed by atoms with Crippen molar-refractivity contribution in [1.29, 1.82) is 0 Å². The third-order valence-electron chi connectivity index (χ3n) is 6.09. The SMILES string of the molecule is Cc1ccc2ccc(-c3cc(-c4cccc5c4oc4ccccc45)ncc3C)cc2c1. The van der Waals surface area contributed by atoms with Gasteiger partial charge in [0.05, 0.1) is 5.69 Å². The Morgan fingerprint density at radius 1 is 0.677 bits per heavy atom. The second-order valence-corrected chi connectivity index (χ2v) is 8.23. The summed E-state index contributed by atoms with van der Waals surface area (Å²) < 4.78 is 6.24. The van der Waals surface area contributed by atoms with Gasteiger partial charge in [-0.25, -0.2) is 0 Å². The van der Waals surface area contributed by atoms with Gasteiger partial charge in [-0.15, -0.1) is 0 Å². The van der Waals surface area contributed by atoms with Crippen molar-refractivity contribution in [1.82, 2.24) is 4.98 Å². The lowest BCUT2D eigenvalue weighted by atomic mass is 9.96. The quantitative estimate of drug-likeness (QED) is 0.294. The summed E-state index contributed by atoms with van der Waals surface area (Å²) >= 11 is 0. The van der Waals surface area contributed by atoms with E-state index in [0.717, 1.165) is 38.8 Å². The first-order valence-electron chi connectivity index (χ1n) is 10.6. The average Bonchev–Trinajstić information content (AvgIpc) is 3.18. The van der Waals surface area contributed by atoms with Crippen LogP contribution in [0.25, 0.3) is 55.1 Å². The summed E-state index contributed by atoms with van der Waals surface area (Å²) in [6.07, 6.45) is 1.96. The molecule has 0 aliphatic heterocycles. The molecule has 2 heterocycles. The summed E-state index contributed by atoms with van der Waals surface area (Å²) in [5.41, 5.74) is 8.57. The molecule has 6 aromatic rings. The molecule has 148 valence electrons. The lowest BCUT2D eigenvalue weighted by molar-refractivity contribution is 0.670.